The Kier molecular flexibility index (Phi) is 6.41. The molecule has 2 amide bonds. The van der Waals surface area contributed by atoms with Gasteiger partial charge in [0.15, 0.2) is 11.5 Å². The molecule has 2 aliphatic rings. The Balaban J connectivity index is 1.45. The molecule has 1 saturated heterocycles. The molecule has 0 unspecified atom stereocenters. The molecule has 5 nitrogen and oxygen atoms in total. The van der Waals surface area contributed by atoms with E-state index in [-0.39, 0.29) is 23.7 Å². The maximum atomic E-state index is 13.8. The van der Waals surface area contributed by atoms with Gasteiger partial charge in [-0.05, 0) is 35.2 Å². The average Bonchev–Trinajstić information content (AvgIpc) is 3.17. The second-order valence-corrected chi connectivity index (χ2v) is 9.08. The molecule has 1 aliphatic carbocycles. The highest BCUT2D eigenvalue weighted by atomic mass is 16.5. The molecule has 0 bridgehead atoms. The van der Waals surface area contributed by atoms with Crippen molar-refractivity contribution in [1.82, 2.24) is 4.90 Å². The first-order chi connectivity index (χ1) is 17.1. The van der Waals surface area contributed by atoms with E-state index in [1.807, 2.05) is 78.9 Å². The van der Waals surface area contributed by atoms with Gasteiger partial charge in [0, 0.05) is 18.4 Å². The third kappa shape index (κ3) is 4.23. The summed E-state index contributed by atoms with van der Waals surface area (Å²) < 4.78 is 10.7. The number of allylic oxidation sites excluding steroid dienone is 2. The average molecular weight is 468 g/mol. The fourth-order valence-electron chi connectivity index (χ4n) is 5.49. The van der Waals surface area contributed by atoms with Gasteiger partial charge in [-0.3, -0.25) is 14.5 Å². The Bertz CT molecular complexity index is 1170. The summed E-state index contributed by atoms with van der Waals surface area (Å²) in [6.45, 7) is 0.336. The molecule has 3 aromatic rings. The standard InChI is InChI=1S/C30H29NO4/c1-34-25-16-13-20(19-26(25)35-2)17-18-31-29(32)27-23(21-9-5-3-6-10-21)14-15-24(28(27)30(31)33)22-11-7-4-8-12-22/h3-16,19,23-24,27-28H,17-18H2,1-2H3/t23-,24+,27-,28+. The molecule has 0 saturated carbocycles. The third-order valence-electron chi connectivity index (χ3n) is 7.23. The van der Waals surface area contributed by atoms with Crippen LogP contribution in [0.4, 0.5) is 0 Å². The van der Waals surface area contributed by atoms with Gasteiger partial charge >= 0.3 is 0 Å². The molecule has 0 N–H and O–H groups in total. The lowest BCUT2D eigenvalue weighted by molar-refractivity contribution is -0.139. The van der Waals surface area contributed by atoms with Gasteiger partial charge in [0.25, 0.3) is 0 Å². The van der Waals surface area contributed by atoms with Crippen molar-refractivity contribution in [3.05, 3.63) is 108 Å². The van der Waals surface area contributed by atoms with Crippen LogP contribution in [0.5, 0.6) is 11.5 Å². The minimum atomic E-state index is -0.412. The van der Waals surface area contributed by atoms with Gasteiger partial charge in [0.2, 0.25) is 11.8 Å². The molecular formula is C30H29NO4. The first-order valence-corrected chi connectivity index (χ1v) is 12.0. The summed E-state index contributed by atoms with van der Waals surface area (Å²) in [5.41, 5.74) is 3.11. The van der Waals surface area contributed by atoms with E-state index >= 15 is 0 Å². The predicted octanol–water partition coefficient (Wildman–Crippen LogP) is 4.98. The van der Waals surface area contributed by atoms with Crippen LogP contribution in [-0.4, -0.2) is 37.5 Å². The topological polar surface area (TPSA) is 55.8 Å². The number of methoxy groups -OCH3 is 2. The molecule has 1 heterocycles. The highest BCUT2D eigenvalue weighted by Crippen LogP contribution is 2.49. The first-order valence-electron chi connectivity index (χ1n) is 12.0. The van der Waals surface area contributed by atoms with Crippen molar-refractivity contribution in [3.63, 3.8) is 0 Å². The van der Waals surface area contributed by atoms with Crippen molar-refractivity contribution in [3.8, 4) is 11.5 Å². The predicted molar refractivity (Wildman–Crippen MR) is 134 cm³/mol. The number of imide groups is 1. The summed E-state index contributed by atoms with van der Waals surface area (Å²) in [5.74, 6) is 0.0518. The molecule has 1 aliphatic heterocycles. The SMILES string of the molecule is COc1ccc(CCN2C(=O)[C@@H]3[C@H](C2=O)[C@@H](c2ccccc2)C=C[C@H]3c2ccccc2)cc1OC. The van der Waals surface area contributed by atoms with Crippen LogP contribution in [0.1, 0.15) is 28.5 Å². The van der Waals surface area contributed by atoms with Crippen LogP contribution < -0.4 is 9.47 Å². The largest absolute Gasteiger partial charge is 0.493 e. The molecule has 3 aromatic carbocycles. The van der Waals surface area contributed by atoms with Gasteiger partial charge in [-0.2, -0.15) is 0 Å². The van der Waals surface area contributed by atoms with Crippen molar-refractivity contribution in [2.45, 2.75) is 18.3 Å². The Morgan fingerprint density at radius 2 is 1.20 bits per heavy atom. The van der Waals surface area contributed by atoms with Gasteiger partial charge in [0.1, 0.15) is 0 Å². The van der Waals surface area contributed by atoms with Crippen molar-refractivity contribution in [1.29, 1.82) is 0 Å². The van der Waals surface area contributed by atoms with Gasteiger partial charge < -0.3 is 9.47 Å². The summed E-state index contributed by atoms with van der Waals surface area (Å²) in [6, 6.07) is 25.7. The summed E-state index contributed by atoms with van der Waals surface area (Å²) >= 11 is 0. The van der Waals surface area contributed by atoms with Crippen LogP contribution in [0.3, 0.4) is 0 Å². The molecule has 5 heteroatoms. The fourth-order valence-corrected chi connectivity index (χ4v) is 5.49. The highest BCUT2D eigenvalue weighted by molar-refractivity contribution is 6.06. The number of hydrogen-bond acceptors (Lipinski definition) is 4. The van der Waals surface area contributed by atoms with E-state index in [1.54, 1.807) is 14.2 Å². The van der Waals surface area contributed by atoms with E-state index in [0.29, 0.717) is 24.5 Å². The fraction of sp³-hybridized carbons (Fsp3) is 0.267. The number of nitrogens with zero attached hydrogens (tertiary/aromatic N) is 1. The second kappa shape index (κ2) is 9.79. The van der Waals surface area contributed by atoms with Crippen LogP contribution in [0.25, 0.3) is 0 Å². The number of hydrogen-bond donors (Lipinski definition) is 0. The van der Waals surface area contributed by atoms with Gasteiger partial charge in [-0.1, -0.05) is 78.9 Å². The molecular weight excluding hydrogens is 438 g/mol. The van der Waals surface area contributed by atoms with E-state index in [4.69, 9.17) is 9.47 Å². The Labute approximate surface area is 206 Å². The molecule has 178 valence electrons. The van der Waals surface area contributed by atoms with Gasteiger partial charge in [-0.25, -0.2) is 0 Å². The van der Waals surface area contributed by atoms with Crippen molar-refractivity contribution in [2.75, 3.05) is 20.8 Å². The number of benzene rings is 3. The van der Waals surface area contributed by atoms with Crippen LogP contribution in [0.15, 0.2) is 91.0 Å². The van der Waals surface area contributed by atoms with E-state index in [2.05, 4.69) is 12.2 Å². The number of amides is 2. The minimum absolute atomic E-state index is 0.0837. The van der Waals surface area contributed by atoms with Crippen molar-refractivity contribution < 1.29 is 19.1 Å². The van der Waals surface area contributed by atoms with Crippen LogP contribution >= 0.6 is 0 Å². The van der Waals surface area contributed by atoms with E-state index in [0.717, 1.165) is 16.7 Å². The lowest BCUT2D eigenvalue weighted by atomic mass is 9.68. The summed E-state index contributed by atoms with van der Waals surface area (Å²) in [5, 5.41) is 0. The normalized spacial score (nSPS) is 23.3. The second-order valence-electron chi connectivity index (χ2n) is 9.08. The summed E-state index contributed by atoms with van der Waals surface area (Å²) in [6.07, 6.45) is 4.80. The molecule has 0 spiro atoms. The van der Waals surface area contributed by atoms with Gasteiger partial charge in [-0.15, -0.1) is 0 Å². The number of carbonyl (C=O) groups excluding carboxylic acids is 2. The zero-order valence-corrected chi connectivity index (χ0v) is 20.0. The van der Waals surface area contributed by atoms with Crippen LogP contribution in [0.2, 0.25) is 0 Å². The number of likely N-dealkylation sites (tertiary alicyclic amines) is 1. The van der Waals surface area contributed by atoms with Crippen molar-refractivity contribution >= 4 is 11.8 Å². The Morgan fingerprint density at radius 1 is 0.686 bits per heavy atom. The van der Waals surface area contributed by atoms with E-state index in [9.17, 15) is 9.59 Å². The Morgan fingerprint density at radius 3 is 1.69 bits per heavy atom. The number of carbonyl (C=O) groups is 2. The lowest BCUT2D eigenvalue weighted by Crippen LogP contribution is -2.33. The zero-order chi connectivity index (χ0) is 24.4. The van der Waals surface area contributed by atoms with Crippen LogP contribution in [-0.2, 0) is 16.0 Å². The number of ether oxygens (including phenoxy) is 2. The zero-order valence-electron chi connectivity index (χ0n) is 20.0. The molecule has 0 aromatic heterocycles. The lowest BCUT2D eigenvalue weighted by Gasteiger charge is -2.32. The van der Waals surface area contributed by atoms with Crippen molar-refractivity contribution in [2.24, 2.45) is 11.8 Å². The van der Waals surface area contributed by atoms with Gasteiger partial charge in [0.05, 0.1) is 26.1 Å². The molecule has 35 heavy (non-hydrogen) atoms. The number of fused-ring (bicyclic) bond motifs is 1. The molecule has 5 rings (SSSR count). The molecule has 1 fully saturated rings. The molecule has 4 atom stereocenters. The highest BCUT2D eigenvalue weighted by Gasteiger charge is 2.54. The van der Waals surface area contributed by atoms with E-state index in [1.165, 1.54) is 4.90 Å². The quantitative estimate of drug-likeness (QED) is 0.363. The first kappa shape index (κ1) is 22.9. The monoisotopic (exact) mass is 467 g/mol. The third-order valence-corrected chi connectivity index (χ3v) is 7.23. The summed E-state index contributed by atoms with van der Waals surface area (Å²) in [4.78, 5) is 29.0. The Hall–Kier alpha value is -3.86. The molecule has 0 radical (unpaired) electrons. The maximum absolute atomic E-state index is 13.8. The summed E-state index contributed by atoms with van der Waals surface area (Å²) in [7, 11) is 3.20. The minimum Gasteiger partial charge on any atom is -0.493 e. The van der Waals surface area contributed by atoms with Crippen LogP contribution in [0, 0.1) is 11.8 Å². The van der Waals surface area contributed by atoms with E-state index < -0.39 is 11.8 Å². The number of rotatable bonds is 7. The maximum Gasteiger partial charge on any atom is 0.234 e. The smallest absolute Gasteiger partial charge is 0.234 e.